The van der Waals surface area contributed by atoms with E-state index in [-0.39, 0.29) is 5.38 Å². The van der Waals surface area contributed by atoms with E-state index in [1.807, 2.05) is 0 Å². The lowest BCUT2D eigenvalue weighted by Gasteiger charge is -2.01. The van der Waals surface area contributed by atoms with Crippen molar-refractivity contribution >= 4 is 11.6 Å². The number of hydrogen-bond donors (Lipinski definition) is 0. The average Bonchev–Trinajstić information content (AvgIpc) is 2.37. The van der Waals surface area contributed by atoms with Crippen LogP contribution in [0.1, 0.15) is 26.2 Å². The molecule has 0 aromatic heterocycles. The molecule has 0 amide bonds. The first-order valence-electron chi connectivity index (χ1n) is 4.24. The quantitative estimate of drug-likeness (QED) is 0.362. The maximum Gasteiger partial charge on any atom is 0.0677 e. The standard InChI is InChI=1S/C9H15ClO/c1-2-5-11-7-8-3-4-9(10)6-8/h6,9H,2-5,7H2,1H3. The van der Waals surface area contributed by atoms with Crippen molar-refractivity contribution in [3.8, 4) is 0 Å². The first-order chi connectivity index (χ1) is 5.33. The van der Waals surface area contributed by atoms with Gasteiger partial charge in [-0.05, 0) is 24.8 Å². The molecule has 0 aromatic rings. The van der Waals surface area contributed by atoms with Crippen molar-refractivity contribution in [2.24, 2.45) is 0 Å². The molecule has 0 heterocycles. The highest BCUT2D eigenvalue weighted by atomic mass is 35.5. The van der Waals surface area contributed by atoms with Gasteiger partial charge in [0.05, 0.1) is 12.0 Å². The summed E-state index contributed by atoms with van der Waals surface area (Å²) in [7, 11) is 0. The molecule has 0 radical (unpaired) electrons. The Hall–Kier alpha value is -0.0100. The highest BCUT2D eigenvalue weighted by Gasteiger charge is 2.12. The predicted octanol–water partition coefficient (Wildman–Crippen LogP) is 2.74. The topological polar surface area (TPSA) is 9.23 Å². The van der Waals surface area contributed by atoms with Crippen LogP contribution in [-0.4, -0.2) is 18.6 Å². The van der Waals surface area contributed by atoms with Gasteiger partial charge in [0.1, 0.15) is 0 Å². The zero-order chi connectivity index (χ0) is 8.10. The van der Waals surface area contributed by atoms with Crippen molar-refractivity contribution in [1.82, 2.24) is 0 Å². The maximum atomic E-state index is 5.89. The van der Waals surface area contributed by atoms with Crippen molar-refractivity contribution in [1.29, 1.82) is 0 Å². The van der Waals surface area contributed by atoms with Gasteiger partial charge in [0.2, 0.25) is 0 Å². The van der Waals surface area contributed by atoms with E-state index in [9.17, 15) is 0 Å². The van der Waals surface area contributed by atoms with Gasteiger partial charge in [0, 0.05) is 6.61 Å². The second-order valence-corrected chi connectivity index (χ2v) is 3.49. The first-order valence-corrected chi connectivity index (χ1v) is 4.68. The molecule has 64 valence electrons. The van der Waals surface area contributed by atoms with Crippen LogP contribution >= 0.6 is 11.6 Å². The molecular weight excluding hydrogens is 160 g/mol. The van der Waals surface area contributed by atoms with Crippen LogP contribution in [0.4, 0.5) is 0 Å². The second kappa shape index (κ2) is 4.78. The van der Waals surface area contributed by atoms with Crippen molar-refractivity contribution < 1.29 is 4.74 Å². The second-order valence-electron chi connectivity index (χ2n) is 2.93. The van der Waals surface area contributed by atoms with Crippen LogP contribution in [0.2, 0.25) is 0 Å². The van der Waals surface area contributed by atoms with Crippen molar-refractivity contribution in [2.75, 3.05) is 13.2 Å². The summed E-state index contributed by atoms with van der Waals surface area (Å²) >= 11 is 5.89. The zero-order valence-electron chi connectivity index (χ0n) is 6.98. The molecule has 1 unspecified atom stereocenters. The van der Waals surface area contributed by atoms with Gasteiger partial charge in [-0.1, -0.05) is 13.0 Å². The van der Waals surface area contributed by atoms with E-state index in [2.05, 4.69) is 13.0 Å². The summed E-state index contributed by atoms with van der Waals surface area (Å²) in [5.74, 6) is 0. The fourth-order valence-electron chi connectivity index (χ4n) is 1.21. The Morgan fingerprint density at radius 2 is 2.55 bits per heavy atom. The van der Waals surface area contributed by atoms with Crippen LogP contribution in [-0.2, 0) is 4.74 Å². The molecule has 0 spiro atoms. The summed E-state index contributed by atoms with van der Waals surface area (Å²) in [6.45, 7) is 3.77. The fourth-order valence-corrected chi connectivity index (χ4v) is 1.50. The Kier molecular flexibility index (Phi) is 3.95. The molecule has 1 atom stereocenters. The molecule has 0 bridgehead atoms. The van der Waals surface area contributed by atoms with Gasteiger partial charge in [-0.25, -0.2) is 0 Å². The van der Waals surface area contributed by atoms with Gasteiger partial charge in [-0.15, -0.1) is 11.6 Å². The van der Waals surface area contributed by atoms with Crippen molar-refractivity contribution in [3.63, 3.8) is 0 Å². The van der Waals surface area contributed by atoms with Gasteiger partial charge in [0.25, 0.3) is 0 Å². The molecule has 0 fully saturated rings. The molecule has 11 heavy (non-hydrogen) atoms. The van der Waals surface area contributed by atoms with Crippen LogP contribution in [0.5, 0.6) is 0 Å². The van der Waals surface area contributed by atoms with Crippen molar-refractivity contribution in [2.45, 2.75) is 31.6 Å². The lowest BCUT2D eigenvalue weighted by molar-refractivity contribution is 0.155. The Morgan fingerprint density at radius 1 is 1.73 bits per heavy atom. The molecule has 0 aliphatic heterocycles. The third-order valence-electron chi connectivity index (χ3n) is 1.79. The predicted molar refractivity (Wildman–Crippen MR) is 48.1 cm³/mol. The fraction of sp³-hybridized carbons (Fsp3) is 0.778. The molecule has 0 aromatic carbocycles. The summed E-state index contributed by atoms with van der Waals surface area (Å²) in [6.07, 6.45) is 5.43. The largest absolute Gasteiger partial charge is 0.377 e. The van der Waals surface area contributed by atoms with E-state index in [1.54, 1.807) is 0 Å². The number of allylic oxidation sites excluding steroid dienone is 1. The molecule has 1 aliphatic rings. The number of hydrogen-bond acceptors (Lipinski definition) is 1. The van der Waals surface area contributed by atoms with E-state index in [1.165, 1.54) is 5.57 Å². The summed E-state index contributed by atoms with van der Waals surface area (Å²) in [5.41, 5.74) is 1.37. The van der Waals surface area contributed by atoms with Gasteiger partial charge in [0.15, 0.2) is 0 Å². The van der Waals surface area contributed by atoms with Gasteiger partial charge >= 0.3 is 0 Å². The lowest BCUT2D eigenvalue weighted by atomic mass is 10.2. The minimum absolute atomic E-state index is 0.259. The minimum Gasteiger partial charge on any atom is -0.377 e. The van der Waals surface area contributed by atoms with Crippen LogP contribution in [0.3, 0.4) is 0 Å². The lowest BCUT2D eigenvalue weighted by Crippen LogP contribution is -1.96. The van der Waals surface area contributed by atoms with Crippen LogP contribution in [0.15, 0.2) is 11.6 Å². The van der Waals surface area contributed by atoms with E-state index in [0.717, 1.165) is 32.5 Å². The SMILES string of the molecule is CCCOCC1=CC(Cl)CC1. The third-order valence-corrected chi connectivity index (χ3v) is 2.14. The summed E-state index contributed by atoms with van der Waals surface area (Å²) in [6, 6.07) is 0. The Morgan fingerprint density at radius 3 is 3.09 bits per heavy atom. The van der Waals surface area contributed by atoms with Gasteiger partial charge in [-0.3, -0.25) is 0 Å². The minimum atomic E-state index is 0.259. The summed E-state index contributed by atoms with van der Waals surface area (Å²) in [5, 5.41) is 0.259. The Labute approximate surface area is 73.4 Å². The molecule has 0 saturated carbocycles. The monoisotopic (exact) mass is 174 g/mol. The zero-order valence-corrected chi connectivity index (χ0v) is 7.73. The molecule has 1 rings (SSSR count). The van der Waals surface area contributed by atoms with Crippen molar-refractivity contribution in [3.05, 3.63) is 11.6 Å². The smallest absolute Gasteiger partial charge is 0.0677 e. The number of alkyl halides is 1. The van der Waals surface area contributed by atoms with Gasteiger partial charge in [-0.2, -0.15) is 0 Å². The molecule has 1 aliphatic carbocycles. The number of ether oxygens (including phenoxy) is 1. The molecule has 0 N–H and O–H groups in total. The van der Waals surface area contributed by atoms with E-state index in [0.29, 0.717) is 0 Å². The molecule has 2 heteroatoms. The molecule has 1 nitrogen and oxygen atoms in total. The van der Waals surface area contributed by atoms with Crippen LogP contribution in [0, 0.1) is 0 Å². The van der Waals surface area contributed by atoms with Crippen LogP contribution in [0.25, 0.3) is 0 Å². The maximum absolute atomic E-state index is 5.89. The Bertz CT molecular complexity index is 142. The van der Waals surface area contributed by atoms with E-state index >= 15 is 0 Å². The normalized spacial score (nSPS) is 23.8. The first kappa shape index (κ1) is 9.08. The molecular formula is C9H15ClO. The number of rotatable bonds is 4. The Balaban J connectivity index is 2.12. The summed E-state index contributed by atoms with van der Waals surface area (Å²) in [4.78, 5) is 0. The average molecular weight is 175 g/mol. The van der Waals surface area contributed by atoms with Crippen LogP contribution < -0.4 is 0 Å². The highest BCUT2D eigenvalue weighted by Crippen LogP contribution is 2.22. The number of halogens is 1. The molecule has 0 saturated heterocycles. The van der Waals surface area contributed by atoms with E-state index in [4.69, 9.17) is 16.3 Å². The third kappa shape index (κ3) is 3.26. The van der Waals surface area contributed by atoms with Gasteiger partial charge < -0.3 is 4.74 Å². The highest BCUT2D eigenvalue weighted by molar-refractivity contribution is 6.22. The summed E-state index contributed by atoms with van der Waals surface area (Å²) < 4.78 is 5.39. The van der Waals surface area contributed by atoms with E-state index < -0.39 is 0 Å².